The number of hydrogen-bond acceptors (Lipinski definition) is 3. The molecule has 0 bridgehead atoms. The SMILES string of the molecule is CN(C(=O)c1ccsc1N)c1ccccc1Br. The minimum Gasteiger partial charge on any atom is -0.390 e. The highest BCUT2D eigenvalue weighted by molar-refractivity contribution is 9.10. The van der Waals surface area contributed by atoms with Gasteiger partial charge in [0, 0.05) is 11.5 Å². The number of para-hydroxylation sites is 1. The summed E-state index contributed by atoms with van der Waals surface area (Å²) in [7, 11) is 1.74. The number of carbonyl (C=O) groups is 1. The highest BCUT2D eigenvalue weighted by atomic mass is 79.9. The van der Waals surface area contributed by atoms with E-state index in [1.54, 1.807) is 18.0 Å². The quantitative estimate of drug-likeness (QED) is 0.924. The van der Waals surface area contributed by atoms with Gasteiger partial charge in [-0.3, -0.25) is 4.79 Å². The summed E-state index contributed by atoms with van der Waals surface area (Å²) < 4.78 is 0.879. The molecule has 17 heavy (non-hydrogen) atoms. The van der Waals surface area contributed by atoms with Crippen molar-refractivity contribution in [2.24, 2.45) is 0 Å². The molecule has 1 aromatic carbocycles. The fraction of sp³-hybridized carbons (Fsp3) is 0.0833. The predicted octanol–water partition coefficient (Wildman–Crippen LogP) is 3.37. The zero-order valence-electron chi connectivity index (χ0n) is 9.18. The lowest BCUT2D eigenvalue weighted by Crippen LogP contribution is -2.26. The van der Waals surface area contributed by atoms with E-state index in [9.17, 15) is 4.79 Å². The largest absolute Gasteiger partial charge is 0.390 e. The third-order valence-electron chi connectivity index (χ3n) is 2.44. The number of carbonyl (C=O) groups excluding carboxylic acids is 1. The van der Waals surface area contributed by atoms with Gasteiger partial charge in [0.05, 0.1) is 16.3 Å². The summed E-state index contributed by atoms with van der Waals surface area (Å²) in [6, 6.07) is 9.32. The summed E-state index contributed by atoms with van der Waals surface area (Å²) >= 11 is 4.79. The number of amides is 1. The van der Waals surface area contributed by atoms with Gasteiger partial charge in [-0.1, -0.05) is 12.1 Å². The zero-order chi connectivity index (χ0) is 12.4. The smallest absolute Gasteiger partial charge is 0.261 e. The Bertz CT molecular complexity index is 553. The van der Waals surface area contributed by atoms with Gasteiger partial charge in [0.2, 0.25) is 0 Å². The first-order chi connectivity index (χ1) is 8.11. The molecule has 0 saturated carbocycles. The van der Waals surface area contributed by atoms with Crippen LogP contribution in [0.4, 0.5) is 10.7 Å². The third-order valence-corrected chi connectivity index (χ3v) is 3.86. The van der Waals surface area contributed by atoms with E-state index in [1.807, 2.05) is 29.6 Å². The predicted molar refractivity (Wildman–Crippen MR) is 75.6 cm³/mol. The fourth-order valence-electron chi connectivity index (χ4n) is 1.51. The van der Waals surface area contributed by atoms with E-state index in [2.05, 4.69) is 15.9 Å². The number of nitrogen functional groups attached to an aromatic ring is 1. The number of rotatable bonds is 2. The highest BCUT2D eigenvalue weighted by Gasteiger charge is 2.18. The average Bonchev–Trinajstić information content (AvgIpc) is 2.74. The minimum absolute atomic E-state index is 0.101. The second-order valence-corrected chi connectivity index (χ2v) is 5.32. The van der Waals surface area contributed by atoms with Crippen molar-refractivity contribution in [3.63, 3.8) is 0 Å². The van der Waals surface area contributed by atoms with Crippen LogP contribution in [0, 0.1) is 0 Å². The molecule has 1 heterocycles. The molecule has 2 rings (SSSR count). The van der Waals surface area contributed by atoms with Gasteiger partial charge >= 0.3 is 0 Å². The number of anilines is 2. The number of hydrogen-bond donors (Lipinski definition) is 1. The van der Waals surface area contributed by atoms with Crippen LogP contribution in [0.5, 0.6) is 0 Å². The van der Waals surface area contributed by atoms with E-state index >= 15 is 0 Å². The Morgan fingerprint density at radius 2 is 2.06 bits per heavy atom. The number of benzene rings is 1. The maximum absolute atomic E-state index is 12.2. The van der Waals surface area contributed by atoms with Gasteiger partial charge in [-0.15, -0.1) is 11.3 Å². The van der Waals surface area contributed by atoms with E-state index in [0.717, 1.165) is 10.2 Å². The van der Waals surface area contributed by atoms with Crippen LogP contribution in [0.3, 0.4) is 0 Å². The summed E-state index contributed by atoms with van der Waals surface area (Å²) in [4.78, 5) is 13.8. The van der Waals surface area contributed by atoms with Crippen LogP contribution in [-0.2, 0) is 0 Å². The fourth-order valence-corrected chi connectivity index (χ4v) is 2.70. The normalized spacial score (nSPS) is 10.2. The molecule has 1 aromatic heterocycles. The monoisotopic (exact) mass is 310 g/mol. The first-order valence-corrected chi connectivity index (χ1v) is 6.64. The van der Waals surface area contributed by atoms with Crippen LogP contribution in [0.1, 0.15) is 10.4 Å². The molecule has 0 spiro atoms. The summed E-state index contributed by atoms with van der Waals surface area (Å²) in [5.74, 6) is -0.101. The van der Waals surface area contributed by atoms with Crippen molar-refractivity contribution in [3.8, 4) is 0 Å². The van der Waals surface area contributed by atoms with Crippen molar-refractivity contribution in [2.75, 3.05) is 17.7 Å². The first-order valence-electron chi connectivity index (χ1n) is 4.97. The van der Waals surface area contributed by atoms with Gasteiger partial charge in [0.15, 0.2) is 0 Å². The topological polar surface area (TPSA) is 46.3 Å². The van der Waals surface area contributed by atoms with Crippen LogP contribution in [0.15, 0.2) is 40.2 Å². The molecular weight excluding hydrogens is 300 g/mol. The van der Waals surface area contributed by atoms with Crippen LogP contribution >= 0.6 is 27.3 Å². The molecule has 3 nitrogen and oxygen atoms in total. The lowest BCUT2D eigenvalue weighted by molar-refractivity contribution is 0.0994. The van der Waals surface area contributed by atoms with Gasteiger partial charge in [-0.2, -0.15) is 0 Å². The van der Waals surface area contributed by atoms with Crippen LogP contribution in [0.2, 0.25) is 0 Å². The second-order valence-electron chi connectivity index (χ2n) is 3.51. The summed E-state index contributed by atoms with van der Waals surface area (Å²) in [5, 5.41) is 2.37. The first kappa shape index (κ1) is 12.1. The standard InChI is InChI=1S/C12H11BrN2OS/c1-15(10-5-3-2-4-9(10)13)12(16)8-6-7-17-11(8)14/h2-7H,14H2,1H3. The molecule has 0 aliphatic carbocycles. The number of nitrogens with two attached hydrogens (primary N) is 1. The molecule has 88 valence electrons. The van der Waals surface area contributed by atoms with Gasteiger partial charge in [0.1, 0.15) is 0 Å². The molecule has 0 aliphatic heterocycles. The molecule has 0 radical (unpaired) electrons. The van der Waals surface area contributed by atoms with Gasteiger partial charge in [0.25, 0.3) is 5.91 Å². The molecule has 0 saturated heterocycles. The van der Waals surface area contributed by atoms with E-state index in [-0.39, 0.29) is 5.91 Å². The molecular formula is C12H11BrN2OS. The molecule has 2 aromatic rings. The molecule has 0 unspecified atom stereocenters. The Kier molecular flexibility index (Phi) is 3.49. The maximum Gasteiger partial charge on any atom is 0.261 e. The zero-order valence-corrected chi connectivity index (χ0v) is 11.6. The summed E-state index contributed by atoms with van der Waals surface area (Å²) in [6.45, 7) is 0. The van der Waals surface area contributed by atoms with Crippen LogP contribution < -0.4 is 10.6 Å². The van der Waals surface area contributed by atoms with Crippen LogP contribution in [0.25, 0.3) is 0 Å². The second kappa shape index (κ2) is 4.89. The Hall–Kier alpha value is -1.33. The Labute approximate surface area is 112 Å². The van der Waals surface area contributed by atoms with Gasteiger partial charge < -0.3 is 10.6 Å². The van der Waals surface area contributed by atoms with Crippen molar-refractivity contribution in [3.05, 3.63) is 45.7 Å². The van der Waals surface area contributed by atoms with Crippen molar-refractivity contribution >= 4 is 43.9 Å². The molecule has 0 fully saturated rings. The van der Waals surface area contributed by atoms with Crippen molar-refractivity contribution in [2.45, 2.75) is 0 Å². The maximum atomic E-state index is 12.2. The molecule has 0 atom stereocenters. The van der Waals surface area contributed by atoms with E-state index in [4.69, 9.17) is 5.73 Å². The Morgan fingerprint density at radius 1 is 1.35 bits per heavy atom. The molecule has 2 N–H and O–H groups in total. The molecule has 1 amide bonds. The third kappa shape index (κ3) is 2.35. The lowest BCUT2D eigenvalue weighted by atomic mass is 10.2. The Morgan fingerprint density at radius 3 is 2.65 bits per heavy atom. The lowest BCUT2D eigenvalue weighted by Gasteiger charge is -2.18. The summed E-state index contributed by atoms with van der Waals surface area (Å²) in [5.41, 5.74) is 7.13. The number of nitrogens with zero attached hydrogens (tertiary/aromatic N) is 1. The summed E-state index contributed by atoms with van der Waals surface area (Å²) in [6.07, 6.45) is 0. The van der Waals surface area contributed by atoms with Crippen LogP contribution in [-0.4, -0.2) is 13.0 Å². The minimum atomic E-state index is -0.101. The molecule has 5 heteroatoms. The number of thiophene rings is 1. The van der Waals surface area contributed by atoms with E-state index < -0.39 is 0 Å². The number of halogens is 1. The van der Waals surface area contributed by atoms with E-state index in [0.29, 0.717) is 10.6 Å². The van der Waals surface area contributed by atoms with Crippen molar-refractivity contribution in [1.82, 2.24) is 0 Å². The molecule has 0 aliphatic rings. The van der Waals surface area contributed by atoms with Crippen molar-refractivity contribution in [1.29, 1.82) is 0 Å². The highest BCUT2D eigenvalue weighted by Crippen LogP contribution is 2.28. The average molecular weight is 311 g/mol. The van der Waals surface area contributed by atoms with Gasteiger partial charge in [-0.05, 0) is 39.5 Å². The van der Waals surface area contributed by atoms with Gasteiger partial charge in [-0.25, -0.2) is 0 Å². The van der Waals surface area contributed by atoms with Crippen molar-refractivity contribution < 1.29 is 4.79 Å². The Balaban J connectivity index is 2.33. The van der Waals surface area contributed by atoms with E-state index in [1.165, 1.54) is 11.3 Å².